The van der Waals surface area contributed by atoms with Gasteiger partial charge < -0.3 is 24.4 Å². The van der Waals surface area contributed by atoms with Gasteiger partial charge in [-0.2, -0.15) is 0 Å². The highest BCUT2D eigenvalue weighted by atomic mass is 16.5. The number of carbonyl (C=O) groups is 3. The van der Waals surface area contributed by atoms with Gasteiger partial charge in [-0.05, 0) is 70.2 Å². The summed E-state index contributed by atoms with van der Waals surface area (Å²) in [5.74, 6) is 0.926. The number of nitrogens with zero attached hydrogens (tertiary/aromatic N) is 1. The first kappa shape index (κ1) is 23.6. The van der Waals surface area contributed by atoms with Crippen molar-refractivity contribution in [3.8, 4) is 0 Å². The van der Waals surface area contributed by atoms with E-state index in [1.54, 1.807) is 11.8 Å². The molecule has 2 aromatic rings. The maximum atomic E-state index is 12.9. The number of likely N-dealkylation sites (tertiary alicyclic amines) is 1. The molecule has 8 nitrogen and oxygen atoms in total. The molecule has 3 heterocycles. The number of aromatic amines is 1. The van der Waals surface area contributed by atoms with Gasteiger partial charge in [0.25, 0.3) is 0 Å². The molecule has 1 saturated heterocycles. The number of nitrogens with one attached hydrogen (secondary N) is 2. The average molecular weight is 444 g/mol. The Morgan fingerprint density at radius 3 is 2.72 bits per heavy atom. The summed E-state index contributed by atoms with van der Waals surface area (Å²) in [4.78, 5) is 42.4. The van der Waals surface area contributed by atoms with Crippen LogP contribution in [0.15, 0.2) is 16.5 Å². The lowest BCUT2D eigenvalue weighted by atomic mass is 9.96. The van der Waals surface area contributed by atoms with Gasteiger partial charge in [0.2, 0.25) is 11.8 Å². The van der Waals surface area contributed by atoms with Crippen molar-refractivity contribution in [2.45, 2.75) is 59.9 Å². The second kappa shape index (κ2) is 10.5. The van der Waals surface area contributed by atoms with Crippen molar-refractivity contribution in [3.05, 3.63) is 46.2 Å². The number of aryl methyl sites for hydroxylation is 2. The van der Waals surface area contributed by atoms with Crippen LogP contribution in [-0.2, 0) is 27.3 Å². The molecule has 0 unspecified atom stereocenters. The number of hydrogen-bond donors (Lipinski definition) is 2. The molecule has 2 aromatic heterocycles. The van der Waals surface area contributed by atoms with Crippen molar-refractivity contribution < 1.29 is 23.5 Å². The predicted molar refractivity (Wildman–Crippen MR) is 119 cm³/mol. The summed E-state index contributed by atoms with van der Waals surface area (Å²) >= 11 is 0. The molecule has 0 aromatic carbocycles. The second-order valence-corrected chi connectivity index (χ2v) is 8.36. The molecule has 0 saturated carbocycles. The Hall–Kier alpha value is -3.03. The zero-order valence-electron chi connectivity index (χ0n) is 19.4. The summed E-state index contributed by atoms with van der Waals surface area (Å²) in [6.07, 6.45) is 2.45. The van der Waals surface area contributed by atoms with Gasteiger partial charge in [0.1, 0.15) is 17.2 Å². The number of H-pyrrole nitrogens is 1. The SMILES string of the molecule is CCOC(=O)c1[nH]c(C)c(CCC(=O)N2CCC[C@@H](C(=O)NCc3ccc(C)o3)C2)c1C. The van der Waals surface area contributed by atoms with Crippen LogP contribution in [0.1, 0.15) is 65.0 Å². The first-order valence-corrected chi connectivity index (χ1v) is 11.3. The van der Waals surface area contributed by atoms with E-state index < -0.39 is 0 Å². The van der Waals surface area contributed by atoms with E-state index in [1.165, 1.54) is 0 Å². The van der Waals surface area contributed by atoms with Crippen LogP contribution in [0.25, 0.3) is 0 Å². The van der Waals surface area contributed by atoms with Crippen molar-refractivity contribution >= 4 is 17.8 Å². The number of amides is 2. The second-order valence-electron chi connectivity index (χ2n) is 8.36. The van der Waals surface area contributed by atoms with Gasteiger partial charge in [0.05, 0.1) is 19.1 Å². The summed E-state index contributed by atoms with van der Waals surface area (Å²) in [6.45, 7) is 9.17. The fourth-order valence-corrected chi connectivity index (χ4v) is 4.28. The molecule has 3 rings (SSSR count). The topological polar surface area (TPSA) is 105 Å². The number of esters is 1. The average Bonchev–Trinajstić information content (AvgIpc) is 3.32. The van der Waals surface area contributed by atoms with Crippen molar-refractivity contribution in [2.24, 2.45) is 5.92 Å². The van der Waals surface area contributed by atoms with E-state index in [4.69, 9.17) is 9.15 Å². The fourth-order valence-electron chi connectivity index (χ4n) is 4.28. The molecule has 0 spiro atoms. The fraction of sp³-hybridized carbons (Fsp3) is 0.542. The molecule has 8 heteroatoms. The normalized spacial score (nSPS) is 16.1. The zero-order valence-corrected chi connectivity index (χ0v) is 19.4. The van der Waals surface area contributed by atoms with Gasteiger partial charge in [-0.3, -0.25) is 9.59 Å². The summed E-state index contributed by atoms with van der Waals surface area (Å²) in [6, 6.07) is 3.72. The van der Waals surface area contributed by atoms with Gasteiger partial charge in [0, 0.05) is 25.2 Å². The van der Waals surface area contributed by atoms with Crippen LogP contribution >= 0.6 is 0 Å². The largest absolute Gasteiger partial charge is 0.465 e. The maximum Gasteiger partial charge on any atom is 0.355 e. The van der Waals surface area contributed by atoms with Crippen LogP contribution in [0.3, 0.4) is 0 Å². The highest BCUT2D eigenvalue weighted by molar-refractivity contribution is 5.90. The predicted octanol–water partition coefficient (Wildman–Crippen LogP) is 3.20. The van der Waals surface area contributed by atoms with E-state index in [0.29, 0.717) is 44.8 Å². The molecule has 2 N–H and O–H groups in total. The number of aromatic nitrogens is 1. The zero-order chi connectivity index (χ0) is 23.3. The van der Waals surface area contributed by atoms with Crippen LogP contribution in [0.2, 0.25) is 0 Å². The molecule has 0 radical (unpaired) electrons. The Morgan fingerprint density at radius 2 is 2.03 bits per heavy atom. The van der Waals surface area contributed by atoms with Crippen molar-refractivity contribution in [3.63, 3.8) is 0 Å². The maximum absolute atomic E-state index is 12.9. The van der Waals surface area contributed by atoms with Gasteiger partial charge in [0.15, 0.2) is 0 Å². The van der Waals surface area contributed by atoms with Crippen molar-refractivity contribution in [1.82, 2.24) is 15.2 Å². The van der Waals surface area contributed by atoms with E-state index >= 15 is 0 Å². The molecule has 0 aliphatic carbocycles. The molecule has 32 heavy (non-hydrogen) atoms. The molecule has 1 aliphatic heterocycles. The molecule has 1 aliphatic rings. The van der Waals surface area contributed by atoms with E-state index in [9.17, 15) is 14.4 Å². The molecule has 1 atom stereocenters. The van der Waals surface area contributed by atoms with E-state index in [0.717, 1.165) is 41.2 Å². The summed E-state index contributed by atoms with van der Waals surface area (Å²) in [7, 11) is 0. The number of ether oxygens (including phenoxy) is 1. The van der Waals surface area contributed by atoms with Crippen LogP contribution in [-0.4, -0.2) is 47.4 Å². The Bertz CT molecular complexity index is 974. The number of piperidine rings is 1. The molecule has 174 valence electrons. The third-order valence-electron chi connectivity index (χ3n) is 6.04. The third kappa shape index (κ3) is 5.60. The van der Waals surface area contributed by atoms with E-state index in [2.05, 4.69) is 10.3 Å². The molecular weight excluding hydrogens is 410 g/mol. The van der Waals surface area contributed by atoms with Crippen LogP contribution in [0, 0.1) is 26.7 Å². The number of furan rings is 1. The molecule has 1 fully saturated rings. The third-order valence-corrected chi connectivity index (χ3v) is 6.04. The number of carbonyl (C=O) groups excluding carboxylic acids is 3. The number of rotatable bonds is 8. The minimum Gasteiger partial charge on any atom is -0.465 e. The Balaban J connectivity index is 1.53. The Labute approximate surface area is 188 Å². The van der Waals surface area contributed by atoms with Crippen molar-refractivity contribution in [2.75, 3.05) is 19.7 Å². The lowest BCUT2D eigenvalue weighted by Gasteiger charge is -2.32. The first-order valence-electron chi connectivity index (χ1n) is 11.3. The lowest BCUT2D eigenvalue weighted by Crippen LogP contribution is -2.45. The first-order chi connectivity index (χ1) is 15.3. The Morgan fingerprint density at radius 1 is 1.25 bits per heavy atom. The van der Waals surface area contributed by atoms with Crippen LogP contribution in [0.4, 0.5) is 0 Å². The monoisotopic (exact) mass is 443 g/mol. The highest BCUT2D eigenvalue weighted by Gasteiger charge is 2.28. The standard InChI is InChI=1S/C24H33N3O5/c1-5-31-24(30)22-16(3)20(17(4)26-22)10-11-21(28)27-12-6-7-18(14-27)23(29)25-13-19-9-8-15(2)32-19/h8-9,18,26H,5-7,10-14H2,1-4H3,(H,25,29)/t18-/m1/s1. The highest BCUT2D eigenvalue weighted by Crippen LogP contribution is 2.22. The van der Waals surface area contributed by atoms with Crippen LogP contribution in [0.5, 0.6) is 0 Å². The summed E-state index contributed by atoms with van der Waals surface area (Å²) in [5.41, 5.74) is 3.13. The number of hydrogen-bond acceptors (Lipinski definition) is 5. The Kier molecular flexibility index (Phi) is 7.77. The van der Waals surface area contributed by atoms with Gasteiger partial charge in [-0.15, -0.1) is 0 Å². The van der Waals surface area contributed by atoms with Crippen LogP contribution < -0.4 is 5.32 Å². The molecule has 0 bridgehead atoms. The van der Waals surface area contributed by atoms with E-state index in [1.807, 2.05) is 32.9 Å². The summed E-state index contributed by atoms with van der Waals surface area (Å²) < 4.78 is 10.6. The van der Waals surface area contributed by atoms with Gasteiger partial charge in [-0.25, -0.2) is 4.79 Å². The van der Waals surface area contributed by atoms with Crippen molar-refractivity contribution in [1.29, 1.82) is 0 Å². The van der Waals surface area contributed by atoms with E-state index in [-0.39, 0.29) is 23.7 Å². The lowest BCUT2D eigenvalue weighted by molar-refractivity contribution is -0.135. The molecular formula is C24H33N3O5. The quantitative estimate of drug-likeness (QED) is 0.610. The molecule has 2 amide bonds. The summed E-state index contributed by atoms with van der Waals surface area (Å²) in [5, 5.41) is 2.92. The van der Waals surface area contributed by atoms with Gasteiger partial charge in [-0.1, -0.05) is 0 Å². The smallest absolute Gasteiger partial charge is 0.355 e. The van der Waals surface area contributed by atoms with Gasteiger partial charge >= 0.3 is 5.97 Å². The minimum atomic E-state index is -0.375. The minimum absolute atomic E-state index is 0.0295.